The second-order valence-corrected chi connectivity index (χ2v) is 6.95. The normalized spacial score (nSPS) is 20.6. The van der Waals surface area contributed by atoms with Crippen LogP contribution in [0.25, 0.3) is 0 Å². The van der Waals surface area contributed by atoms with Crippen molar-refractivity contribution in [2.45, 2.75) is 31.4 Å². The summed E-state index contributed by atoms with van der Waals surface area (Å²) in [5.41, 5.74) is 1.97. The van der Waals surface area contributed by atoms with E-state index in [0.29, 0.717) is 0 Å². The maximum absolute atomic E-state index is 12.8. The molecule has 2 atom stereocenters. The summed E-state index contributed by atoms with van der Waals surface area (Å²) >= 11 is 0. The van der Waals surface area contributed by atoms with Crippen LogP contribution in [0.2, 0.25) is 0 Å². The number of hydrogen-bond acceptors (Lipinski definition) is 4. The van der Waals surface area contributed by atoms with Crippen LogP contribution in [0.15, 0.2) is 91.0 Å². The predicted octanol–water partition coefficient (Wildman–Crippen LogP) is 4.01. The van der Waals surface area contributed by atoms with Crippen LogP contribution in [0.5, 0.6) is 0 Å². The Hall–Kier alpha value is -2.95. The first-order valence-corrected chi connectivity index (χ1v) is 9.46. The number of rotatable bonds is 5. The largest absolute Gasteiger partial charge is 0.460 e. The van der Waals surface area contributed by atoms with Crippen LogP contribution < -0.4 is 5.32 Å². The van der Waals surface area contributed by atoms with Crippen LogP contribution in [-0.2, 0) is 26.6 Å². The van der Waals surface area contributed by atoms with Crippen LogP contribution in [0.4, 0.5) is 0 Å². The summed E-state index contributed by atoms with van der Waals surface area (Å²) in [6.07, 6.45) is -0.344. The van der Waals surface area contributed by atoms with Gasteiger partial charge in [-0.2, -0.15) is 0 Å². The highest BCUT2D eigenvalue weighted by Crippen LogP contribution is 2.38. The predicted molar refractivity (Wildman–Crippen MR) is 107 cm³/mol. The molecule has 1 heterocycles. The molecule has 0 radical (unpaired) electrons. The van der Waals surface area contributed by atoms with Gasteiger partial charge in [0, 0.05) is 11.1 Å². The molecule has 1 saturated heterocycles. The molecule has 1 fully saturated rings. The molecule has 142 valence electrons. The molecule has 3 aromatic carbocycles. The molecule has 28 heavy (non-hydrogen) atoms. The van der Waals surface area contributed by atoms with E-state index in [9.17, 15) is 4.79 Å². The van der Waals surface area contributed by atoms with E-state index in [1.54, 1.807) is 0 Å². The minimum atomic E-state index is -0.891. The van der Waals surface area contributed by atoms with E-state index in [0.717, 1.165) is 16.7 Å². The molecular weight excluding hydrogens is 350 g/mol. The summed E-state index contributed by atoms with van der Waals surface area (Å²) in [7, 11) is 0. The maximum Gasteiger partial charge on any atom is 0.326 e. The molecule has 0 bridgehead atoms. The molecule has 0 amide bonds. The van der Waals surface area contributed by atoms with Crippen molar-refractivity contribution in [3.05, 3.63) is 108 Å². The Balaban J connectivity index is 1.59. The number of benzene rings is 3. The summed E-state index contributed by atoms with van der Waals surface area (Å²) < 4.78 is 12.0. The Morgan fingerprint density at radius 1 is 0.893 bits per heavy atom. The minimum absolute atomic E-state index is 0.244. The lowest BCUT2D eigenvalue weighted by molar-refractivity contribution is -0.148. The second kappa shape index (κ2) is 7.97. The third-order valence-electron chi connectivity index (χ3n) is 5.03. The fourth-order valence-electron chi connectivity index (χ4n) is 3.60. The Labute approximate surface area is 165 Å². The molecule has 4 heteroatoms. The molecule has 0 aliphatic carbocycles. The first kappa shape index (κ1) is 18.4. The smallest absolute Gasteiger partial charge is 0.326 e. The van der Waals surface area contributed by atoms with E-state index in [-0.39, 0.29) is 18.7 Å². The quantitative estimate of drug-likeness (QED) is 0.687. The Morgan fingerprint density at radius 2 is 1.39 bits per heavy atom. The van der Waals surface area contributed by atoms with Crippen LogP contribution in [0.3, 0.4) is 0 Å². The van der Waals surface area contributed by atoms with Gasteiger partial charge in [0.2, 0.25) is 0 Å². The zero-order chi connectivity index (χ0) is 19.4. The zero-order valence-electron chi connectivity index (χ0n) is 15.7. The van der Waals surface area contributed by atoms with Crippen molar-refractivity contribution >= 4 is 5.97 Å². The number of nitrogens with one attached hydrogen (secondary N) is 1. The van der Waals surface area contributed by atoms with Crippen LogP contribution in [0.1, 0.15) is 23.6 Å². The van der Waals surface area contributed by atoms with Gasteiger partial charge in [0.15, 0.2) is 5.72 Å². The molecule has 4 rings (SSSR count). The fraction of sp³-hybridized carbons (Fsp3) is 0.208. The van der Waals surface area contributed by atoms with E-state index in [4.69, 9.17) is 9.47 Å². The second-order valence-electron chi connectivity index (χ2n) is 6.95. The monoisotopic (exact) mass is 373 g/mol. The van der Waals surface area contributed by atoms with Gasteiger partial charge >= 0.3 is 5.97 Å². The topological polar surface area (TPSA) is 47.6 Å². The lowest BCUT2D eigenvalue weighted by Gasteiger charge is -2.30. The minimum Gasteiger partial charge on any atom is -0.460 e. The summed E-state index contributed by atoms with van der Waals surface area (Å²) in [4.78, 5) is 12.8. The van der Waals surface area contributed by atoms with Gasteiger partial charge in [-0.15, -0.1) is 0 Å². The number of hydrogen-bond donors (Lipinski definition) is 1. The first-order chi connectivity index (χ1) is 13.7. The van der Waals surface area contributed by atoms with Gasteiger partial charge in [0.25, 0.3) is 0 Å². The zero-order valence-corrected chi connectivity index (χ0v) is 15.7. The van der Waals surface area contributed by atoms with Crippen molar-refractivity contribution in [3.8, 4) is 0 Å². The van der Waals surface area contributed by atoms with Gasteiger partial charge in [0.1, 0.15) is 12.6 Å². The molecule has 0 aromatic heterocycles. The van der Waals surface area contributed by atoms with E-state index < -0.39 is 11.8 Å². The van der Waals surface area contributed by atoms with Gasteiger partial charge in [-0.3, -0.25) is 10.1 Å². The summed E-state index contributed by atoms with van der Waals surface area (Å²) in [5, 5.41) is 3.43. The highest BCUT2D eigenvalue weighted by Gasteiger charge is 2.49. The molecule has 1 N–H and O–H groups in total. The van der Waals surface area contributed by atoms with E-state index in [1.165, 1.54) is 0 Å². The fourth-order valence-corrected chi connectivity index (χ4v) is 3.60. The Bertz CT molecular complexity index is 873. The first-order valence-electron chi connectivity index (χ1n) is 9.46. The molecule has 0 unspecified atom stereocenters. The molecule has 1 aliphatic rings. The van der Waals surface area contributed by atoms with Crippen molar-refractivity contribution in [2.24, 2.45) is 0 Å². The average molecular weight is 373 g/mol. The average Bonchev–Trinajstić information content (AvgIpc) is 3.13. The number of ether oxygens (including phenoxy) is 2. The van der Waals surface area contributed by atoms with Gasteiger partial charge in [0.05, 0.1) is 6.10 Å². The van der Waals surface area contributed by atoms with Crippen molar-refractivity contribution < 1.29 is 14.3 Å². The number of esters is 1. The van der Waals surface area contributed by atoms with Crippen LogP contribution in [0, 0.1) is 0 Å². The highest BCUT2D eigenvalue weighted by atomic mass is 16.6. The lowest BCUT2D eigenvalue weighted by atomic mass is 9.94. The summed E-state index contributed by atoms with van der Waals surface area (Å²) in [6, 6.07) is 28.9. The molecule has 1 aliphatic heterocycles. The molecular formula is C24H23NO3. The van der Waals surface area contributed by atoms with E-state index in [2.05, 4.69) is 5.32 Å². The number of carbonyl (C=O) groups is 1. The SMILES string of the molecule is C[C@H]1OC(c2ccccc2)(c2ccccc2)N[C@@H]1C(=O)OCc1ccccc1. The van der Waals surface area contributed by atoms with Crippen molar-refractivity contribution in [1.29, 1.82) is 0 Å². The molecule has 0 saturated carbocycles. The molecule has 4 nitrogen and oxygen atoms in total. The summed E-state index contributed by atoms with van der Waals surface area (Å²) in [6.45, 7) is 2.14. The summed E-state index contributed by atoms with van der Waals surface area (Å²) in [5.74, 6) is -0.315. The van der Waals surface area contributed by atoms with E-state index >= 15 is 0 Å². The van der Waals surface area contributed by atoms with Gasteiger partial charge < -0.3 is 9.47 Å². The third-order valence-corrected chi connectivity index (χ3v) is 5.03. The van der Waals surface area contributed by atoms with Crippen LogP contribution in [-0.4, -0.2) is 18.1 Å². The Morgan fingerprint density at radius 3 is 1.93 bits per heavy atom. The highest BCUT2D eigenvalue weighted by molar-refractivity contribution is 5.77. The van der Waals surface area contributed by atoms with E-state index in [1.807, 2.05) is 97.9 Å². The number of carbonyl (C=O) groups excluding carboxylic acids is 1. The third kappa shape index (κ3) is 3.57. The molecule has 0 spiro atoms. The van der Waals surface area contributed by atoms with Gasteiger partial charge in [-0.05, 0) is 12.5 Å². The van der Waals surface area contributed by atoms with Crippen molar-refractivity contribution in [3.63, 3.8) is 0 Å². The molecule has 3 aromatic rings. The van der Waals surface area contributed by atoms with Crippen molar-refractivity contribution in [2.75, 3.05) is 0 Å². The maximum atomic E-state index is 12.8. The standard InChI is InChI=1S/C24H23NO3/c1-18-22(23(26)27-17-19-11-5-2-6-12-19)25-24(28-18,20-13-7-3-8-14-20)21-15-9-4-10-16-21/h2-16,18,22,25H,17H2,1H3/t18-,22+/m1/s1. The van der Waals surface area contributed by atoms with Crippen molar-refractivity contribution in [1.82, 2.24) is 5.32 Å². The van der Waals surface area contributed by atoms with Crippen LogP contribution >= 0.6 is 0 Å². The van der Waals surface area contributed by atoms with Gasteiger partial charge in [-0.25, -0.2) is 0 Å². The van der Waals surface area contributed by atoms with Gasteiger partial charge in [-0.1, -0.05) is 91.0 Å². The Kier molecular flexibility index (Phi) is 5.24. The lowest BCUT2D eigenvalue weighted by Crippen LogP contribution is -2.46.